The SMILES string of the molecule is CC(C)(C)C1CC(NC(=O)c2ncc3cc(Cl)ccc3n2)CN1C(=O)O. The van der Waals surface area contributed by atoms with Crippen molar-refractivity contribution in [2.45, 2.75) is 39.3 Å². The van der Waals surface area contributed by atoms with E-state index in [1.54, 1.807) is 24.4 Å². The van der Waals surface area contributed by atoms with Gasteiger partial charge in [0.25, 0.3) is 5.91 Å². The van der Waals surface area contributed by atoms with E-state index in [9.17, 15) is 14.7 Å². The maximum absolute atomic E-state index is 12.5. The standard InChI is InChI=1S/C18H21ClN4O3/c1-18(2,3)14-7-12(9-23(14)17(25)26)21-16(24)15-20-8-10-6-11(19)4-5-13(10)22-15/h4-6,8,12,14H,7,9H2,1-3H3,(H,21,24)(H,25,26). The molecule has 3 rings (SSSR count). The number of halogens is 1. The van der Waals surface area contributed by atoms with E-state index in [-0.39, 0.29) is 29.9 Å². The molecule has 1 aromatic carbocycles. The number of amides is 2. The summed E-state index contributed by atoms with van der Waals surface area (Å²) in [6.07, 6.45) is 1.14. The van der Waals surface area contributed by atoms with Crippen molar-refractivity contribution in [3.05, 3.63) is 35.2 Å². The number of nitrogens with one attached hydrogen (secondary N) is 1. The molecule has 1 aliphatic heterocycles. The van der Waals surface area contributed by atoms with E-state index in [0.29, 0.717) is 17.0 Å². The Morgan fingerprint density at radius 3 is 2.69 bits per heavy atom. The average molecular weight is 377 g/mol. The third-order valence-corrected chi connectivity index (χ3v) is 4.86. The molecule has 0 aliphatic carbocycles. The van der Waals surface area contributed by atoms with Gasteiger partial charge in [-0.15, -0.1) is 0 Å². The molecule has 0 saturated carbocycles. The van der Waals surface area contributed by atoms with Crippen LogP contribution in [0.3, 0.4) is 0 Å². The predicted octanol–water partition coefficient (Wildman–Crippen LogP) is 3.18. The van der Waals surface area contributed by atoms with E-state index < -0.39 is 12.0 Å². The summed E-state index contributed by atoms with van der Waals surface area (Å²) in [7, 11) is 0. The highest BCUT2D eigenvalue weighted by Crippen LogP contribution is 2.33. The lowest BCUT2D eigenvalue weighted by Crippen LogP contribution is -2.42. The molecule has 2 heterocycles. The van der Waals surface area contributed by atoms with Crippen LogP contribution < -0.4 is 5.32 Å². The maximum Gasteiger partial charge on any atom is 0.407 e. The number of carbonyl (C=O) groups is 2. The monoisotopic (exact) mass is 376 g/mol. The smallest absolute Gasteiger partial charge is 0.407 e. The number of likely N-dealkylation sites (tertiary alicyclic amines) is 1. The molecule has 1 aliphatic rings. The predicted molar refractivity (Wildman–Crippen MR) is 98.4 cm³/mol. The van der Waals surface area contributed by atoms with Crippen LogP contribution in [0.5, 0.6) is 0 Å². The second kappa shape index (κ2) is 6.72. The molecule has 2 N–H and O–H groups in total. The van der Waals surface area contributed by atoms with Gasteiger partial charge in [0.2, 0.25) is 5.82 Å². The first-order valence-electron chi connectivity index (χ1n) is 8.38. The first-order chi connectivity index (χ1) is 12.1. The van der Waals surface area contributed by atoms with Gasteiger partial charge in [0.05, 0.1) is 5.52 Å². The highest BCUT2D eigenvalue weighted by molar-refractivity contribution is 6.31. The van der Waals surface area contributed by atoms with Gasteiger partial charge in [0, 0.05) is 35.2 Å². The van der Waals surface area contributed by atoms with Crippen molar-refractivity contribution in [3.63, 3.8) is 0 Å². The molecule has 26 heavy (non-hydrogen) atoms. The molecule has 2 aromatic rings. The van der Waals surface area contributed by atoms with E-state index in [1.165, 1.54) is 4.90 Å². The van der Waals surface area contributed by atoms with Gasteiger partial charge in [-0.05, 0) is 30.0 Å². The van der Waals surface area contributed by atoms with Crippen LogP contribution in [0.4, 0.5) is 4.79 Å². The molecule has 2 atom stereocenters. The van der Waals surface area contributed by atoms with Gasteiger partial charge in [0.15, 0.2) is 0 Å². The van der Waals surface area contributed by atoms with Crippen LogP contribution in [0, 0.1) is 5.41 Å². The van der Waals surface area contributed by atoms with E-state index in [1.807, 2.05) is 20.8 Å². The summed E-state index contributed by atoms with van der Waals surface area (Å²) >= 11 is 5.94. The summed E-state index contributed by atoms with van der Waals surface area (Å²) in [4.78, 5) is 33.8. The molecular weight excluding hydrogens is 356 g/mol. The summed E-state index contributed by atoms with van der Waals surface area (Å²) in [5.41, 5.74) is 0.414. The van der Waals surface area contributed by atoms with Crippen molar-refractivity contribution < 1.29 is 14.7 Å². The molecule has 2 unspecified atom stereocenters. The van der Waals surface area contributed by atoms with Gasteiger partial charge in [-0.1, -0.05) is 32.4 Å². The molecular formula is C18H21ClN4O3. The summed E-state index contributed by atoms with van der Waals surface area (Å²) in [6, 6.07) is 4.73. The Kier molecular flexibility index (Phi) is 4.75. The van der Waals surface area contributed by atoms with Crippen LogP contribution in [0.1, 0.15) is 37.8 Å². The minimum absolute atomic E-state index is 0.0564. The van der Waals surface area contributed by atoms with Gasteiger partial charge >= 0.3 is 6.09 Å². The third-order valence-electron chi connectivity index (χ3n) is 4.63. The quantitative estimate of drug-likeness (QED) is 0.839. The molecule has 8 heteroatoms. The van der Waals surface area contributed by atoms with E-state index in [4.69, 9.17) is 11.6 Å². The zero-order valence-electron chi connectivity index (χ0n) is 14.9. The van der Waals surface area contributed by atoms with Crippen LogP contribution in [0.15, 0.2) is 24.4 Å². The molecule has 7 nitrogen and oxygen atoms in total. The molecule has 2 amide bonds. The Hall–Kier alpha value is -2.41. The number of carbonyl (C=O) groups excluding carboxylic acids is 1. The first-order valence-corrected chi connectivity index (χ1v) is 8.75. The molecule has 0 bridgehead atoms. The number of fused-ring (bicyclic) bond motifs is 1. The fourth-order valence-corrected chi connectivity index (χ4v) is 3.52. The lowest BCUT2D eigenvalue weighted by molar-refractivity contribution is 0.0924. The molecule has 1 aromatic heterocycles. The van der Waals surface area contributed by atoms with Crippen molar-refractivity contribution in [1.82, 2.24) is 20.2 Å². The molecule has 138 valence electrons. The number of hydrogen-bond acceptors (Lipinski definition) is 4. The van der Waals surface area contributed by atoms with E-state index in [2.05, 4.69) is 15.3 Å². The number of aromatic nitrogens is 2. The lowest BCUT2D eigenvalue weighted by Gasteiger charge is -2.32. The lowest BCUT2D eigenvalue weighted by atomic mass is 9.85. The molecule has 1 saturated heterocycles. The largest absolute Gasteiger partial charge is 0.465 e. The number of hydrogen-bond donors (Lipinski definition) is 2. The Morgan fingerprint density at radius 1 is 1.35 bits per heavy atom. The molecule has 0 radical (unpaired) electrons. The van der Waals surface area contributed by atoms with Gasteiger partial charge < -0.3 is 15.3 Å². The number of carboxylic acid groups (broad SMARTS) is 1. The van der Waals surface area contributed by atoms with Crippen LogP contribution in [0.2, 0.25) is 5.02 Å². The maximum atomic E-state index is 12.5. The minimum atomic E-state index is -0.972. The van der Waals surface area contributed by atoms with Crippen molar-refractivity contribution in [2.75, 3.05) is 6.54 Å². The topological polar surface area (TPSA) is 95.4 Å². The number of rotatable bonds is 2. The minimum Gasteiger partial charge on any atom is -0.465 e. The second-order valence-corrected chi connectivity index (χ2v) is 8.06. The van der Waals surface area contributed by atoms with Crippen LogP contribution in [-0.4, -0.2) is 50.6 Å². The second-order valence-electron chi connectivity index (χ2n) is 7.62. The van der Waals surface area contributed by atoms with Crippen molar-refractivity contribution in [3.8, 4) is 0 Å². The Balaban J connectivity index is 1.76. The zero-order chi connectivity index (χ0) is 19.1. The summed E-state index contributed by atoms with van der Waals surface area (Å²) < 4.78 is 0. The first kappa shape index (κ1) is 18.4. The Morgan fingerprint density at radius 2 is 2.08 bits per heavy atom. The van der Waals surface area contributed by atoms with Crippen LogP contribution in [-0.2, 0) is 0 Å². The van der Waals surface area contributed by atoms with Crippen molar-refractivity contribution in [2.24, 2.45) is 5.41 Å². The van der Waals surface area contributed by atoms with E-state index >= 15 is 0 Å². The van der Waals surface area contributed by atoms with Crippen molar-refractivity contribution in [1.29, 1.82) is 0 Å². The van der Waals surface area contributed by atoms with Crippen LogP contribution in [0.25, 0.3) is 10.9 Å². The normalized spacial score (nSPS) is 20.4. The van der Waals surface area contributed by atoms with Crippen LogP contribution >= 0.6 is 11.6 Å². The number of benzene rings is 1. The summed E-state index contributed by atoms with van der Waals surface area (Å²) in [5.74, 6) is -0.354. The van der Waals surface area contributed by atoms with E-state index in [0.717, 1.165) is 5.39 Å². The highest BCUT2D eigenvalue weighted by Gasteiger charge is 2.42. The zero-order valence-corrected chi connectivity index (χ0v) is 15.6. The highest BCUT2D eigenvalue weighted by atomic mass is 35.5. The van der Waals surface area contributed by atoms with Gasteiger partial charge in [-0.2, -0.15) is 0 Å². The fourth-order valence-electron chi connectivity index (χ4n) is 3.34. The van der Waals surface area contributed by atoms with Gasteiger partial charge in [0.1, 0.15) is 0 Å². The summed E-state index contributed by atoms with van der Waals surface area (Å²) in [6.45, 7) is 6.24. The third kappa shape index (κ3) is 3.72. The Bertz CT molecular complexity index is 865. The summed E-state index contributed by atoms with van der Waals surface area (Å²) in [5, 5.41) is 13.6. The number of nitrogens with zero attached hydrogens (tertiary/aromatic N) is 3. The fraction of sp³-hybridized carbons (Fsp3) is 0.444. The Labute approximate surface area is 156 Å². The molecule has 1 fully saturated rings. The molecule has 0 spiro atoms. The van der Waals surface area contributed by atoms with Crippen molar-refractivity contribution >= 4 is 34.5 Å². The van der Waals surface area contributed by atoms with Gasteiger partial charge in [-0.3, -0.25) is 4.79 Å². The average Bonchev–Trinajstić information content (AvgIpc) is 2.98. The van der Waals surface area contributed by atoms with Gasteiger partial charge in [-0.25, -0.2) is 14.8 Å².